The van der Waals surface area contributed by atoms with E-state index in [0.29, 0.717) is 30.3 Å². The van der Waals surface area contributed by atoms with Gasteiger partial charge in [0.05, 0.1) is 17.2 Å². The lowest BCUT2D eigenvalue weighted by Gasteiger charge is -2.24. The summed E-state index contributed by atoms with van der Waals surface area (Å²) in [5.41, 5.74) is 2.48. The van der Waals surface area contributed by atoms with Crippen molar-refractivity contribution in [2.24, 2.45) is 0 Å². The van der Waals surface area contributed by atoms with Gasteiger partial charge in [0.1, 0.15) is 12.3 Å². The minimum atomic E-state index is -3.97. The molecule has 1 N–H and O–H groups in total. The lowest BCUT2D eigenvalue weighted by atomic mass is 10.1. The van der Waals surface area contributed by atoms with Crippen LogP contribution in [0.1, 0.15) is 24.5 Å². The predicted octanol–water partition coefficient (Wildman–Crippen LogP) is 4.99. The maximum atomic E-state index is 13.4. The number of rotatable bonds is 11. The number of amides is 1. The molecule has 0 bridgehead atoms. The van der Waals surface area contributed by atoms with Gasteiger partial charge in [0, 0.05) is 11.6 Å². The van der Waals surface area contributed by atoms with Gasteiger partial charge in [-0.1, -0.05) is 47.5 Å². The smallest absolute Gasteiger partial charge is 0.264 e. The fourth-order valence-corrected chi connectivity index (χ4v) is 5.01. The van der Waals surface area contributed by atoms with Crippen LogP contribution in [-0.4, -0.2) is 34.0 Å². The molecule has 6 nitrogen and oxygen atoms in total. The Morgan fingerprint density at radius 2 is 1.68 bits per heavy atom. The lowest BCUT2D eigenvalue weighted by Crippen LogP contribution is -2.41. The highest BCUT2D eigenvalue weighted by Gasteiger charge is 2.27. The normalized spacial score (nSPS) is 11.1. The van der Waals surface area contributed by atoms with Crippen LogP contribution in [0, 0.1) is 6.92 Å². The minimum absolute atomic E-state index is 0.0674. The molecule has 8 heteroatoms. The second-order valence-corrected chi connectivity index (χ2v) is 10.1. The number of carbonyl (C=O) groups is 1. The predicted molar refractivity (Wildman–Crippen MR) is 136 cm³/mol. The highest BCUT2D eigenvalue weighted by atomic mass is 35.5. The summed E-state index contributed by atoms with van der Waals surface area (Å²) in [6, 6.07) is 20.7. The maximum absolute atomic E-state index is 13.4. The molecule has 3 rings (SSSR count). The maximum Gasteiger partial charge on any atom is 0.264 e. The van der Waals surface area contributed by atoms with Crippen LogP contribution in [0.4, 0.5) is 5.69 Å². The van der Waals surface area contributed by atoms with Crippen molar-refractivity contribution in [2.45, 2.75) is 31.6 Å². The molecule has 34 heavy (non-hydrogen) atoms. The van der Waals surface area contributed by atoms with Gasteiger partial charge < -0.3 is 10.1 Å². The fourth-order valence-electron chi connectivity index (χ4n) is 3.46. The van der Waals surface area contributed by atoms with Gasteiger partial charge in [0.25, 0.3) is 10.0 Å². The molecule has 0 saturated heterocycles. The highest BCUT2D eigenvalue weighted by Crippen LogP contribution is 2.25. The monoisotopic (exact) mass is 500 g/mol. The third-order valence-electron chi connectivity index (χ3n) is 5.23. The molecule has 0 aliphatic rings. The average Bonchev–Trinajstić information content (AvgIpc) is 2.82. The zero-order valence-electron chi connectivity index (χ0n) is 19.3. The molecule has 0 heterocycles. The van der Waals surface area contributed by atoms with Crippen molar-refractivity contribution >= 4 is 33.2 Å². The first kappa shape index (κ1) is 25.6. The Morgan fingerprint density at radius 1 is 1.00 bits per heavy atom. The van der Waals surface area contributed by atoms with Crippen LogP contribution in [-0.2, 0) is 21.2 Å². The first-order valence-electron chi connectivity index (χ1n) is 11.1. The van der Waals surface area contributed by atoms with Crippen LogP contribution < -0.4 is 14.4 Å². The SMILES string of the molecule is CCOc1ccccc1CCCNC(=O)CN(c1ccc(C)cc1)S(=O)(=O)c1ccc(Cl)cc1. The Morgan fingerprint density at radius 3 is 2.35 bits per heavy atom. The highest BCUT2D eigenvalue weighted by molar-refractivity contribution is 7.92. The largest absolute Gasteiger partial charge is 0.494 e. The van der Waals surface area contributed by atoms with Crippen LogP contribution in [0.5, 0.6) is 5.75 Å². The molecule has 0 aromatic heterocycles. The van der Waals surface area contributed by atoms with Crippen molar-refractivity contribution in [3.63, 3.8) is 0 Å². The van der Waals surface area contributed by atoms with E-state index >= 15 is 0 Å². The number of nitrogens with zero attached hydrogens (tertiary/aromatic N) is 1. The van der Waals surface area contributed by atoms with Crippen molar-refractivity contribution in [2.75, 3.05) is 24.0 Å². The van der Waals surface area contributed by atoms with Gasteiger partial charge in [-0.25, -0.2) is 8.42 Å². The topological polar surface area (TPSA) is 75.7 Å². The molecule has 180 valence electrons. The van der Waals surface area contributed by atoms with Crippen molar-refractivity contribution in [3.05, 3.63) is 88.9 Å². The van der Waals surface area contributed by atoms with Gasteiger partial charge in [-0.3, -0.25) is 9.10 Å². The number of carbonyl (C=O) groups excluding carboxylic acids is 1. The van der Waals surface area contributed by atoms with Crippen LogP contribution >= 0.6 is 11.6 Å². The van der Waals surface area contributed by atoms with Gasteiger partial charge in [-0.05, 0) is 74.7 Å². The van der Waals surface area contributed by atoms with Crippen molar-refractivity contribution in [3.8, 4) is 5.75 Å². The van der Waals surface area contributed by atoms with Crippen LogP contribution in [0.3, 0.4) is 0 Å². The van der Waals surface area contributed by atoms with E-state index in [1.807, 2.05) is 50.2 Å². The Kier molecular flexibility index (Phi) is 8.96. The lowest BCUT2D eigenvalue weighted by molar-refractivity contribution is -0.119. The zero-order valence-corrected chi connectivity index (χ0v) is 20.9. The summed E-state index contributed by atoms with van der Waals surface area (Å²) in [7, 11) is -3.97. The van der Waals surface area contributed by atoms with Gasteiger partial charge in [-0.15, -0.1) is 0 Å². The van der Waals surface area contributed by atoms with E-state index in [2.05, 4.69) is 5.32 Å². The van der Waals surface area contributed by atoms with Crippen LogP contribution in [0.25, 0.3) is 0 Å². The molecule has 1 amide bonds. The molecule has 0 aliphatic carbocycles. The molecule has 0 unspecified atom stereocenters. The number of benzene rings is 3. The molecule has 0 radical (unpaired) electrons. The summed E-state index contributed by atoms with van der Waals surface area (Å²) in [4.78, 5) is 12.8. The van der Waals surface area contributed by atoms with Crippen molar-refractivity contribution in [1.29, 1.82) is 0 Å². The van der Waals surface area contributed by atoms with Crippen molar-refractivity contribution in [1.82, 2.24) is 5.32 Å². The van der Waals surface area contributed by atoms with Gasteiger partial charge in [0.15, 0.2) is 0 Å². The number of hydrogen-bond acceptors (Lipinski definition) is 4. The number of para-hydroxylation sites is 1. The molecule has 3 aromatic carbocycles. The summed E-state index contributed by atoms with van der Waals surface area (Å²) in [5, 5.41) is 3.28. The van der Waals surface area contributed by atoms with E-state index in [1.165, 1.54) is 24.3 Å². The molecular weight excluding hydrogens is 472 g/mol. The molecule has 3 aromatic rings. The number of sulfonamides is 1. The van der Waals surface area contributed by atoms with Crippen LogP contribution in [0.2, 0.25) is 5.02 Å². The average molecular weight is 501 g/mol. The first-order valence-corrected chi connectivity index (χ1v) is 13.0. The molecule has 0 spiro atoms. The van der Waals surface area contributed by atoms with Gasteiger partial charge in [-0.2, -0.15) is 0 Å². The summed E-state index contributed by atoms with van der Waals surface area (Å²) in [6.07, 6.45) is 1.44. The number of anilines is 1. The summed E-state index contributed by atoms with van der Waals surface area (Å²) in [6.45, 7) is 4.53. The van der Waals surface area contributed by atoms with E-state index in [1.54, 1.807) is 12.1 Å². The van der Waals surface area contributed by atoms with E-state index < -0.39 is 10.0 Å². The number of halogens is 1. The summed E-state index contributed by atoms with van der Waals surface area (Å²) in [5.74, 6) is 0.465. The Labute approximate surface area is 206 Å². The van der Waals surface area contributed by atoms with E-state index in [-0.39, 0.29) is 17.3 Å². The summed E-state index contributed by atoms with van der Waals surface area (Å²) < 4.78 is 33.5. The minimum Gasteiger partial charge on any atom is -0.494 e. The Balaban J connectivity index is 1.68. The molecule has 0 fully saturated rings. The van der Waals surface area contributed by atoms with E-state index in [9.17, 15) is 13.2 Å². The fraction of sp³-hybridized carbons (Fsp3) is 0.269. The van der Waals surface area contributed by atoms with Gasteiger partial charge in [0.2, 0.25) is 5.91 Å². The van der Waals surface area contributed by atoms with Crippen molar-refractivity contribution < 1.29 is 17.9 Å². The third-order valence-corrected chi connectivity index (χ3v) is 7.27. The van der Waals surface area contributed by atoms with Gasteiger partial charge >= 0.3 is 0 Å². The molecule has 0 aliphatic heterocycles. The Hall–Kier alpha value is -3.03. The number of nitrogens with one attached hydrogen (secondary N) is 1. The van der Waals surface area contributed by atoms with E-state index in [4.69, 9.17) is 16.3 Å². The number of aryl methyl sites for hydroxylation is 2. The number of hydrogen-bond donors (Lipinski definition) is 1. The Bertz CT molecular complexity index is 1200. The first-order chi connectivity index (χ1) is 16.3. The second-order valence-electron chi connectivity index (χ2n) is 7.80. The second kappa shape index (κ2) is 11.9. The molecule has 0 atom stereocenters. The summed E-state index contributed by atoms with van der Waals surface area (Å²) >= 11 is 5.92. The molecule has 0 saturated carbocycles. The van der Waals surface area contributed by atoms with Crippen LogP contribution in [0.15, 0.2) is 77.7 Å². The number of ether oxygens (including phenoxy) is 1. The molecular formula is C26H29ClN2O4S. The zero-order chi connectivity index (χ0) is 24.6. The quantitative estimate of drug-likeness (QED) is 0.376. The third kappa shape index (κ3) is 6.74. The van der Waals surface area contributed by atoms with E-state index in [0.717, 1.165) is 27.6 Å². The standard InChI is InChI=1S/C26H29ClN2O4S/c1-3-33-25-9-5-4-7-21(25)8-6-18-28-26(30)19-29(23-14-10-20(2)11-15-23)34(31,32)24-16-12-22(27)13-17-24/h4-5,7,9-17H,3,6,8,18-19H2,1-2H3,(H,28,30).